The minimum absolute atomic E-state index is 0.0921. The molecule has 5 heteroatoms. The number of nitro groups is 1. The average molecular weight is 153 g/mol. The van der Waals surface area contributed by atoms with Gasteiger partial charge in [0.2, 0.25) is 0 Å². The molecule has 0 bridgehead atoms. The van der Waals surface area contributed by atoms with E-state index in [9.17, 15) is 14.5 Å². The van der Waals surface area contributed by atoms with Crippen molar-refractivity contribution in [1.82, 2.24) is 0 Å². The van der Waals surface area contributed by atoms with Crippen LogP contribution in [0.25, 0.3) is 0 Å². The summed E-state index contributed by atoms with van der Waals surface area (Å²) in [5.41, 5.74) is -0.915. The fourth-order valence-corrected chi connectivity index (χ4v) is 0.333. The minimum Gasteiger partial charge on any atom is -0.258 e. The van der Waals surface area contributed by atoms with Crippen molar-refractivity contribution < 1.29 is 9.31 Å². The van der Waals surface area contributed by atoms with E-state index in [1.54, 1.807) is 0 Å². The Labute approximate surface area is 64.5 Å². The summed E-state index contributed by atoms with van der Waals surface area (Å²) in [5.74, 6) is -1.08. The van der Waals surface area contributed by atoms with Crippen molar-refractivity contribution in [1.29, 1.82) is 0 Å². The zero-order chi connectivity index (χ0) is 9.02. The lowest BCUT2D eigenvalue weighted by Gasteiger charge is -1.91. The molecule has 0 N–H and O–H groups in total. The van der Waals surface area contributed by atoms with Crippen molar-refractivity contribution in [2.75, 3.05) is 0 Å². The smallest absolute Gasteiger partial charge is 0.258 e. The number of hydrogen-bond acceptors (Lipinski definition) is 2. The SMILES string of the molecule is [B]C(=C)/C=C(/F)C(=C)[N+](=O)[O-]. The molecule has 0 unspecified atom stereocenters. The molecule has 2 radical (unpaired) electrons. The van der Waals surface area contributed by atoms with E-state index >= 15 is 0 Å². The van der Waals surface area contributed by atoms with Crippen LogP contribution in [-0.2, 0) is 0 Å². The third-order valence-corrected chi connectivity index (χ3v) is 0.808. The Morgan fingerprint density at radius 3 is 2.36 bits per heavy atom. The van der Waals surface area contributed by atoms with E-state index in [2.05, 4.69) is 13.2 Å². The maximum absolute atomic E-state index is 12.5. The maximum Gasteiger partial charge on any atom is 0.297 e. The van der Waals surface area contributed by atoms with Gasteiger partial charge in [-0.1, -0.05) is 0 Å². The zero-order valence-electron chi connectivity index (χ0n) is 5.71. The zero-order valence-corrected chi connectivity index (χ0v) is 5.71. The van der Waals surface area contributed by atoms with Crippen LogP contribution in [0.5, 0.6) is 0 Å². The molecule has 0 aliphatic rings. The normalized spacial score (nSPS) is 10.8. The molecule has 0 saturated heterocycles. The van der Waals surface area contributed by atoms with Crippen LogP contribution >= 0.6 is 0 Å². The number of halogens is 1. The summed E-state index contributed by atoms with van der Waals surface area (Å²) < 4.78 is 12.5. The summed E-state index contributed by atoms with van der Waals surface area (Å²) >= 11 is 0. The number of rotatable bonds is 3. The second kappa shape index (κ2) is 3.70. The molecule has 11 heavy (non-hydrogen) atoms. The van der Waals surface area contributed by atoms with Crippen molar-refractivity contribution in [2.45, 2.75) is 0 Å². The Morgan fingerprint density at radius 2 is 2.09 bits per heavy atom. The molecule has 0 amide bonds. The lowest BCUT2D eigenvalue weighted by molar-refractivity contribution is -0.422. The molecule has 0 rings (SSSR count). The first-order valence-corrected chi connectivity index (χ1v) is 2.60. The van der Waals surface area contributed by atoms with Gasteiger partial charge in [-0.05, 0) is 12.7 Å². The molecule has 0 spiro atoms. The third-order valence-electron chi connectivity index (χ3n) is 0.808. The Hall–Kier alpha value is -1.39. The molecule has 0 saturated carbocycles. The third kappa shape index (κ3) is 3.35. The van der Waals surface area contributed by atoms with Gasteiger partial charge in [-0.25, -0.2) is 0 Å². The molecule has 0 atom stereocenters. The summed E-state index contributed by atoms with van der Waals surface area (Å²) in [6, 6.07) is 0. The molecule has 0 fully saturated rings. The molecule has 0 aliphatic carbocycles. The average Bonchev–Trinajstić information content (AvgIpc) is 1.84. The molecule has 0 aliphatic heterocycles. The van der Waals surface area contributed by atoms with Crippen LogP contribution in [0.1, 0.15) is 0 Å². The first-order chi connectivity index (χ1) is 4.95. The summed E-state index contributed by atoms with van der Waals surface area (Å²) in [7, 11) is 4.96. The van der Waals surface area contributed by atoms with E-state index in [1.807, 2.05) is 0 Å². The van der Waals surface area contributed by atoms with Crippen LogP contribution in [0.15, 0.2) is 36.2 Å². The standard InChI is InChI=1S/C6H5BFNO2/c1-4(7)3-6(8)5(2)9(10)11/h3H,1-2H2/b6-3+. The van der Waals surface area contributed by atoms with Gasteiger partial charge in [-0.2, -0.15) is 4.39 Å². The number of hydrogen-bond donors (Lipinski definition) is 0. The predicted molar refractivity (Wildman–Crippen MR) is 40.2 cm³/mol. The first-order valence-electron chi connectivity index (χ1n) is 2.60. The van der Waals surface area contributed by atoms with Crippen LogP contribution in [0, 0.1) is 10.1 Å². The van der Waals surface area contributed by atoms with Crippen LogP contribution in [-0.4, -0.2) is 12.8 Å². The van der Waals surface area contributed by atoms with E-state index in [-0.39, 0.29) is 5.47 Å². The molecule has 0 aromatic rings. The van der Waals surface area contributed by atoms with E-state index in [0.717, 1.165) is 6.08 Å². The van der Waals surface area contributed by atoms with Crippen molar-refractivity contribution in [3.8, 4) is 0 Å². The van der Waals surface area contributed by atoms with Gasteiger partial charge >= 0.3 is 0 Å². The molecule has 3 nitrogen and oxygen atoms in total. The van der Waals surface area contributed by atoms with Gasteiger partial charge < -0.3 is 0 Å². The Balaban J connectivity index is 4.49. The lowest BCUT2D eigenvalue weighted by atomic mass is 9.97. The van der Waals surface area contributed by atoms with Gasteiger partial charge in [-0.3, -0.25) is 10.1 Å². The van der Waals surface area contributed by atoms with Crippen LogP contribution in [0.4, 0.5) is 4.39 Å². The largest absolute Gasteiger partial charge is 0.297 e. The quantitative estimate of drug-likeness (QED) is 0.265. The molecule has 56 valence electrons. The second-order valence-corrected chi connectivity index (χ2v) is 1.77. The first kappa shape index (κ1) is 9.61. The number of nitrogens with zero attached hydrogens (tertiary/aromatic N) is 1. The van der Waals surface area contributed by atoms with Gasteiger partial charge in [0.1, 0.15) is 7.85 Å². The predicted octanol–water partition coefficient (Wildman–Crippen LogP) is 1.31. The van der Waals surface area contributed by atoms with Crippen molar-refractivity contribution in [2.24, 2.45) is 0 Å². The van der Waals surface area contributed by atoms with Gasteiger partial charge in [-0.15, -0.1) is 12.1 Å². The van der Waals surface area contributed by atoms with E-state index in [1.165, 1.54) is 0 Å². The topological polar surface area (TPSA) is 43.1 Å². The van der Waals surface area contributed by atoms with Gasteiger partial charge in [0.05, 0.1) is 4.92 Å². The number of allylic oxidation sites excluding steroid dienone is 3. The Kier molecular flexibility index (Phi) is 3.24. The van der Waals surface area contributed by atoms with E-state index in [4.69, 9.17) is 7.85 Å². The fourth-order valence-electron chi connectivity index (χ4n) is 0.333. The summed E-state index contributed by atoms with van der Waals surface area (Å²) in [6.45, 7) is 6.00. The van der Waals surface area contributed by atoms with E-state index < -0.39 is 16.4 Å². The summed E-state index contributed by atoms with van der Waals surface area (Å²) in [4.78, 5) is 8.94. The highest BCUT2D eigenvalue weighted by molar-refractivity contribution is 6.23. The fraction of sp³-hybridized carbons (Fsp3) is 0. The van der Waals surface area contributed by atoms with E-state index in [0.29, 0.717) is 0 Å². The molecular weight excluding hydrogens is 148 g/mol. The highest BCUT2D eigenvalue weighted by atomic mass is 19.1. The molecule has 0 aromatic heterocycles. The van der Waals surface area contributed by atoms with Gasteiger partial charge in [0, 0.05) is 0 Å². The monoisotopic (exact) mass is 153 g/mol. The molecular formula is C6H5BFNO2. The second-order valence-electron chi connectivity index (χ2n) is 1.77. The highest BCUT2D eigenvalue weighted by Gasteiger charge is 2.12. The van der Waals surface area contributed by atoms with Gasteiger partial charge in [0.15, 0.2) is 5.83 Å². The van der Waals surface area contributed by atoms with Crippen molar-refractivity contribution >= 4 is 7.85 Å². The molecule has 0 heterocycles. The van der Waals surface area contributed by atoms with Gasteiger partial charge in [0.25, 0.3) is 5.70 Å². The van der Waals surface area contributed by atoms with Crippen molar-refractivity contribution in [3.63, 3.8) is 0 Å². The minimum atomic E-state index is -1.08. The molecule has 0 aromatic carbocycles. The Bertz CT molecular complexity index is 247. The summed E-state index contributed by atoms with van der Waals surface area (Å²) in [6.07, 6.45) is 0.741. The lowest BCUT2D eigenvalue weighted by Crippen LogP contribution is -1.97. The van der Waals surface area contributed by atoms with Crippen LogP contribution in [0.2, 0.25) is 0 Å². The Morgan fingerprint density at radius 1 is 1.64 bits per heavy atom. The maximum atomic E-state index is 12.5. The summed E-state index contributed by atoms with van der Waals surface area (Å²) in [5, 5.41) is 9.88. The highest BCUT2D eigenvalue weighted by Crippen LogP contribution is 2.10. The van der Waals surface area contributed by atoms with Crippen molar-refractivity contribution in [3.05, 3.63) is 46.3 Å². The van der Waals surface area contributed by atoms with Crippen LogP contribution in [0.3, 0.4) is 0 Å². The van der Waals surface area contributed by atoms with Crippen LogP contribution < -0.4 is 0 Å².